The molecule has 0 radical (unpaired) electrons. The van der Waals surface area contributed by atoms with Crippen molar-refractivity contribution in [1.82, 2.24) is 5.32 Å². The number of ether oxygens (including phenoxy) is 3. The fraction of sp³-hybridized carbons (Fsp3) is 0.588. The molecule has 0 bridgehead atoms. The van der Waals surface area contributed by atoms with Crippen LogP contribution in [-0.2, 0) is 25.3 Å². The van der Waals surface area contributed by atoms with Gasteiger partial charge in [-0.05, 0) is 87.2 Å². The average molecular weight is 598 g/mol. The Kier molecular flexibility index (Phi) is 11.7. The van der Waals surface area contributed by atoms with Crippen LogP contribution in [0.15, 0.2) is 54.6 Å². The first kappa shape index (κ1) is 33.7. The summed E-state index contributed by atoms with van der Waals surface area (Å²) in [7, 11) is -0.138. The number of rotatable bonds is 11. The molecular weight excluding hydrogens is 546 g/mol. The summed E-state index contributed by atoms with van der Waals surface area (Å²) in [6.07, 6.45) is 1.67. The van der Waals surface area contributed by atoms with E-state index in [1.807, 2.05) is 75.4 Å². The molecule has 8 heteroatoms. The number of hydrogen-bond acceptors (Lipinski definition) is 6. The van der Waals surface area contributed by atoms with E-state index in [9.17, 15) is 9.59 Å². The number of amides is 1. The van der Waals surface area contributed by atoms with Gasteiger partial charge in [0, 0.05) is 0 Å². The molecule has 232 valence electrons. The van der Waals surface area contributed by atoms with Crippen molar-refractivity contribution < 1.29 is 28.2 Å². The molecule has 0 aliphatic heterocycles. The Labute approximate surface area is 254 Å². The van der Waals surface area contributed by atoms with Crippen molar-refractivity contribution in [3.05, 3.63) is 65.7 Å². The van der Waals surface area contributed by atoms with Crippen LogP contribution in [0.2, 0.25) is 13.1 Å². The van der Waals surface area contributed by atoms with Crippen molar-refractivity contribution in [2.45, 2.75) is 98.3 Å². The minimum atomic E-state index is -1.59. The van der Waals surface area contributed by atoms with Crippen molar-refractivity contribution in [3.8, 4) is 5.75 Å². The van der Waals surface area contributed by atoms with Crippen LogP contribution < -0.4 is 10.1 Å². The molecule has 1 aliphatic rings. The number of methoxy groups -OCH3 is 1. The van der Waals surface area contributed by atoms with Gasteiger partial charge in [0.1, 0.15) is 18.0 Å². The highest BCUT2D eigenvalue weighted by Gasteiger charge is 2.49. The summed E-state index contributed by atoms with van der Waals surface area (Å²) in [5.41, 5.74) is 1.13. The summed E-state index contributed by atoms with van der Waals surface area (Å²) in [6.45, 7) is 16.9. The molecule has 7 nitrogen and oxygen atoms in total. The van der Waals surface area contributed by atoms with E-state index in [4.69, 9.17) is 18.6 Å². The third-order valence-corrected chi connectivity index (χ3v) is 8.64. The molecule has 42 heavy (non-hydrogen) atoms. The topological polar surface area (TPSA) is 83.1 Å². The monoisotopic (exact) mass is 597 g/mol. The third-order valence-electron chi connectivity index (χ3n) is 7.81. The van der Waals surface area contributed by atoms with Crippen LogP contribution in [0.25, 0.3) is 0 Å². The minimum absolute atomic E-state index is 0.0193. The van der Waals surface area contributed by atoms with E-state index in [2.05, 4.69) is 39.2 Å². The van der Waals surface area contributed by atoms with E-state index in [0.29, 0.717) is 6.61 Å². The number of carbonyl (C=O) groups is 2. The van der Waals surface area contributed by atoms with E-state index in [1.54, 1.807) is 0 Å². The molecule has 1 saturated carbocycles. The van der Waals surface area contributed by atoms with E-state index >= 15 is 0 Å². The molecule has 3 rings (SSSR count). The Morgan fingerprint density at radius 2 is 1.60 bits per heavy atom. The van der Waals surface area contributed by atoms with E-state index < -0.39 is 32.9 Å². The first-order valence-electron chi connectivity index (χ1n) is 15.2. The normalized spacial score (nSPS) is 19.6. The van der Waals surface area contributed by atoms with Crippen molar-refractivity contribution in [2.75, 3.05) is 7.11 Å². The van der Waals surface area contributed by atoms with Gasteiger partial charge in [0.25, 0.3) is 0 Å². The summed E-state index contributed by atoms with van der Waals surface area (Å²) < 4.78 is 23.8. The van der Waals surface area contributed by atoms with Crippen LogP contribution in [0, 0.1) is 23.2 Å². The first-order chi connectivity index (χ1) is 19.7. The summed E-state index contributed by atoms with van der Waals surface area (Å²) in [5, 5.41) is 3.25. The van der Waals surface area contributed by atoms with Crippen LogP contribution in [0.1, 0.15) is 78.0 Å². The molecule has 0 spiro atoms. The molecular formula is C34H51NO6Si. The fourth-order valence-corrected chi connectivity index (χ4v) is 7.18. The third kappa shape index (κ3) is 9.59. The van der Waals surface area contributed by atoms with Crippen LogP contribution in [0.4, 0.5) is 4.79 Å². The van der Waals surface area contributed by atoms with Gasteiger partial charge < -0.3 is 24.0 Å². The summed E-state index contributed by atoms with van der Waals surface area (Å²) in [6, 6.07) is 17.6. The van der Waals surface area contributed by atoms with Gasteiger partial charge in [-0.3, -0.25) is 4.79 Å². The number of hydrogen-bond donors (Lipinski definition) is 1. The van der Waals surface area contributed by atoms with Gasteiger partial charge in [-0.2, -0.15) is 0 Å². The fourth-order valence-electron chi connectivity index (χ4n) is 6.27. The Balaban J connectivity index is 2.03. The maximum absolute atomic E-state index is 13.4. The molecule has 5 atom stereocenters. The molecule has 1 aliphatic carbocycles. The lowest BCUT2D eigenvalue weighted by Gasteiger charge is -2.46. The zero-order valence-electron chi connectivity index (χ0n) is 26.9. The first-order valence-corrected chi connectivity index (χ1v) is 18.0. The quantitative estimate of drug-likeness (QED) is 0.214. The van der Waals surface area contributed by atoms with Gasteiger partial charge in [-0.15, -0.1) is 0 Å². The predicted molar refractivity (Wildman–Crippen MR) is 169 cm³/mol. The van der Waals surface area contributed by atoms with Gasteiger partial charge in [0.15, 0.2) is 9.04 Å². The van der Waals surface area contributed by atoms with Crippen LogP contribution in [0.3, 0.4) is 0 Å². The maximum Gasteiger partial charge on any atom is 0.407 e. The molecule has 2 aromatic carbocycles. The van der Waals surface area contributed by atoms with Gasteiger partial charge in [0.05, 0.1) is 25.2 Å². The summed E-state index contributed by atoms with van der Waals surface area (Å²) in [5.74, 6) is 0.272. The molecule has 1 N–H and O–H groups in total. The number of esters is 1. The van der Waals surface area contributed by atoms with Crippen molar-refractivity contribution >= 4 is 21.1 Å². The Morgan fingerprint density at radius 3 is 2.14 bits per heavy atom. The zero-order chi connectivity index (χ0) is 31.1. The number of carbonyl (C=O) groups excluding carboxylic acids is 2. The minimum Gasteiger partial charge on any atom is -0.489 e. The van der Waals surface area contributed by atoms with E-state index in [1.165, 1.54) is 7.11 Å². The second-order valence-electron chi connectivity index (χ2n) is 13.7. The lowest BCUT2D eigenvalue weighted by atomic mass is 9.64. The average Bonchev–Trinajstić information content (AvgIpc) is 3.38. The zero-order valence-corrected chi connectivity index (χ0v) is 28.1. The van der Waals surface area contributed by atoms with Gasteiger partial charge in [0.2, 0.25) is 0 Å². The second-order valence-corrected chi connectivity index (χ2v) is 16.1. The molecule has 0 heterocycles. The lowest BCUT2D eigenvalue weighted by molar-refractivity contribution is -0.148. The maximum atomic E-state index is 13.4. The highest BCUT2D eigenvalue weighted by Crippen LogP contribution is 2.49. The molecule has 2 aromatic rings. The Hall–Kier alpha value is -2.84. The van der Waals surface area contributed by atoms with Gasteiger partial charge in [-0.1, -0.05) is 69.7 Å². The molecule has 5 unspecified atom stereocenters. The van der Waals surface area contributed by atoms with E-state index in [-0.39, 0.29) is 29.1 Å². The lowest BCUT2D eigenvalue weighted by Crippen LogP contribution is -2.54. The van der Waals surface area contributed by atoms with Crippen molar-refractivity contribution in [1.29, 1.82) is 0 Å². The largest absolute Gasteiger partial charge is 0.489 e. The summed E-state index contributed by atoms with van der Waals surface area (Å²) >= 11 is 0. The SMILES string of the molecule is COC(=O)C1CCCC1C(C(NC(=O)OC(C)(C)C)C(O[SiH](C)C)c1ccc(OCc2ccccc2)cc1)C(C)(C)C. The molecule has 1 fully saturated rings. The smallest absolute Gasteiger partial charge is 0.407 e. The van der Waals surface area contributed by atoms with Crippen LogP contribution in [0.5, 0.6) is 5.75 Å². The van der Waals surface area contributed by atoms with Gasteiger partial charge in [-0.25, -0.2) is 4.79 Å². The van der Waals surface area contributed by atoms with Crippen molar-refractivity contribution in [2.24, 2.45) is 23.2 Å². The molecule has 0 saturated heterocycles. The Bertz CT molecular complexity index is 1140. The molecule has 1 amide bonds. The predicted octanol–water partition coefficient (Wildman–Crippen LogP) is 7.45. The number of alkyl carbamates (subject to hydrolysis) is 1. The molecule has 0 aromatic heterocycles. The van der Waals surface area contributed by atoms with Crippen LogP contribution >= 0.6 is 0 Å². The van der Waals surface area contributed by atoms with Gasteiger partial charge >= 0.3 is 12.1 Å². The highest BCUT2D eigenvalue weighted by atomic mass is 28.3. The van der Waals surface area contributed by atoms with Crippen LogP contribution in [-0.4, -0.2) is 39.9 Å². The Morgan fingerprint density at radius 1 is 0.952 bits per heavy atom. The second kappa shape index (κ2) is 14.6. The standard InChI is InChI=1S/C34H51NO6Si/c1-33(2,3)28(26-16-13-17-27(26)31(36)38-7)29(35-32(37)40-34(4,5)6)30(41-42(8)9)24-18-20-25(21-19-24)39-22-23-14-11-10-12-15-23/h10-12,14-15,18-21,26-30,42H,13,16-17,22H2,1-9H3,(H,35,37). The highest BCUT2D eigenvalue weighted by molar-refractivity contribution is 6.48. The number of nitrogens with one attached hydrogen (secondary N) is 1. The van der Waals surface area contributed by atoms with E-state index in [0.717, 1.165) is 36.1 Å². The number of benzene rings is 2. The van der Waals surface area contributed by atoms with Crippen molar-refractivity contribution in [3.63, 3.8) is 0 Å². The summed E-state index contributed by atoms with van der Waals surface area (Å²) in [4.78, 5) is 26.3.